The minimum absolute atomic E-state index is 0.194. The van der Waals surface area contributed by atoms with Crippen LogP contribution in [-0.2, 0) is 6.54 Å². The van der Waals surface area contributed by atoms with E-state index in [1.807, 2.05) is 6.92 Å². The molecular weight excluding hydrogens is 328 g/mol. The molecule has 0 radical (unpaired) electrons. The SMILES string of the molecule is COc1ccc(O)c(C=NCc2ccc(-c3csc(C)n3)s2)c1. The second-order valence-electron chi connectivity index (χ2n) is 4.91. The molecule has 2 aromatic heterocycles. The van der Waals surface area contributed by atoms with Gasteiger partial charge in [-0.3, -0.25) is 4.99 Å². The van der Waals surface area contributed by atoms with Crippen LogP contribution in [0.3, 0.4) is 0 Å². The second-order valence-corrected chi connectivity index (χ2v) is 7.14. The molecule has 0 unspecified atom stereocenters. The van der Waals surface area contributed by atoms with Crippen molar-refractivity contribution in [2.24, 2.45) is 4.99 Å². The van der Waals surface area contributed by atoms with Gasteiger partial charge in [-0.05, 0) is 37.3 Å². The topological polar surface area (TPSA) is 54.7 Å². The summed E-state index contributed by atoms with van der Waals surface area (Å²) in [5.74, 6) is 0.890. The fraction of sp³-hybridized carbons (Fsp3) is 0.176. The standard InChI is InChI=1S/C17H16N2O2S2/c1-11-19-15(10-22-11)17-6-4-14(23-17)9-18-8-12-7-13(21-2)3-5-16(12)20/h3-8,10,20H,9H2,1-2H3. The predicted molar refractivity (Wildman–Crippen MR) is 96.1 cm³/mol. The Hall–Kier alpha value is -2.18. The van der Waals surface area contributed by atoms with Crippen molar-refractivity contribution >= 4 is 28.9 Å². The van der Waals surface area contributed by atoms with Gasteiger partial charge in [0.05, 0.1) is 29.2 Å². The van der Waals surface area contributed by atoms with Gasteiger partial charge in [0, 0.05) is 22.0 Å². The minimum atomic E-state index is 0.194. The first-order valence-electron chi connectivity index (χ1n) is 7.04. The molecule has 4 nitrogen and oxygen atoms in total. The molecule has 3 aromatic rings. The van der Waals surface area contributed by atoms with Gasteiger partial charge >= 0.3 is 0 Å². The number of benzene rings is 1. The molecular formula is C17H16N2O2S2. The fourth-order valence-electron chi connectivity index (χ4n) is 2.07. The van der Waals surface area contributed by atoms with Gasteiger partial charge in [-0.25, -0.2) is 4.98 Å². The summed E-state index contributed by atoms with van der Waals surface area (Å²) in [6, 6.07) is 9.23. The number of methoxy groups -OCH3 is 1. The molecule has 1 N–H and O–H groups in total. The number of thiophene rings is 1. The minimum Gasteiger partial charge on any atom is -0.507 e. The predicted octanol–water partition coefficient (Wildman–Crippen LogP) is 4.51. The lowest BCUT2D eigenvalue weighted by Crippen LogP contribution is -1.87. The van der Waals surface area contributed by atoms with E-state index in [1.165, 1.54) is 0 Å². The number of rotatable bonds is 5. The van der Waals surface area contributed by atoms with E-state index < -0.39 is 0 Å². The molecule has 0 saturated heterocycles. The number of aromatic hydroxyl groups is 1. The first-order valence-corrected chi connectivity index (χ1v) is 8.73. The largest absolute Gasteiger partial charge is 0.507 e. The maximum atomic E-state index is 9.83. The number of phenolic OH excluding ortho intramolecular Hbond substituents is 1. The highest BCUT2D eigenvalue weighted by Gasteiger charge is 2.06. The normalized spacial score (nSPS) is 11.2. The Labute approximate surface area is 142 Å². The third-order valence-corrected chi connectivity index (χ3v) is 5.11. The van der Waals surface area contributed by atoms with Gasteiger partial charge in [0.25, 0.3) is 0 Å². The number of thiazole rings is 1. The smallest absolute Gasteiger partial charge is 0.124 e. The maximum absolute atomic E-state index is 9.83. The van der Waals surface area contributed by atoms with Gasteiger partial charge in [-0.2, -0.15) is 0 Å². The summed E-state index contributed by atoms with van der Waals surface area (Å²) >= 11 is 3.34. The van der Waals surface area contributed by atoms with E-state index in [-0.39, 0.29) is 5.75 Å². The maximum Gasteiger partial charge on any atom is 0.124 e. The zero-order chi connectivity index (χ0) is 16.2. The highest BCUT2D eigenvalue weighted by molar-refractivity contribution is 7.16. The van der Waals surface area contributed by atoms with Crippen molar-refractivity contribution in [2.75, 3.05) is 7.11 Å². The summed E-state index contributed by atoms with van der Waals surface area (Å²) in [5.41, 5.74) is 1.68. The molecule has 0 saturated carbocycles. The second kappa shape index (κ2) is 6.93. The van der Waals surface area contributed by atoms with Crippen LogP contribution in [-0.4, -0.2) is 23.4 Å². The highest BCUT2D eigenvalue weighted by atomic mass is 32.1. The molecule has 0 atom stereocenters. The van der Waals surface area contributed by atoms with Crippen LogP contribution < -0.4 is 4.74 Å². The van der Waals surface area contributed by atoms with Crippen LogP contribution in [0.1, 0.15) is 15.4 Å². The number of aryl methyl sites for hydroxylation is 1. The Morgan fingerprint density at radius 2 is 2.17 bits per heavy atom. The van der Waals surface area contributed by atoms with Crippen LogP contribution in [0.4, 0.5) is 0 Å². The van der Waals surface area contributed by atoms with Gasteiger partial charge in [0.1, 0.15) is 11.5 Å². The van der Waals surface area contributed by atoms with Gasteiger partial charge in [-0.1, -0.05) is 0 Å². The summed E-state index contributed by atoms with van der Waals surface area (Å²) in [5, 5.41) is 13.0. The first kappa shape index (κ1) is 15.7. The third-order valence-electron chi connectivity index (χ3n) is 3.25. The lowest BCUT2D eigenvalue weighted by Gasteiger charge is -2.02. The molecule has 0 spiro atoms. The molecule has 2 heterocycles. The van der Waals surface area contributed by atoms with Crippen LogP contribution in [0.5, 0.6) is 11.5 Å². The van der Waals surface area contributed by atoms with Crippen molar-refractivity contribution in [3.63, 3.8) is 0 Å². The fourth-order valence-corrected chi connectivity index (χ4v) is 3.66. The van der Waals surface area contributed by atoms with Gasteiger partial charge < -0.3 is 9.84 Å². The molecule has 1 aromatic carbocycles. The molecule has 6 heteroatoms. The summed E-state index contributed by atoms with van der Waals surface area (Å²) in [7, 11) is 1.60. The van der Waals surface area contributed by atoms with E-state index >= 15 is 0 Å². The molecule has 0 bridgehead atoms. The number of ether oxygens (including phenoxy) is 1. The number of phenols is 1. The van der Waals surface area contributed by atoms with Crippen molar-refractivity contribution < 1.29 is 9.84 Å². The van der Waals surface area contributed by atoms with Crippen LogP contribution in [0, 0.1) is 6.92 Å². The average molecular weight is 344 g/mol. The number of aliphatic imine (C=N–C) groups is 1. The monoisotopic (exact) mass is 344 g/mol. The summed E-state index contributed by atoms with van der Waals surface area (Å²) in [6.45, 7) is 2.58. The Morgan fingerprint density at radius 1 is 1.30 bits per heavy atom. The summed E-state index contributed by atoms with van der Waals surface area (Å²) in [6.07, 6.45) is 1.67. The molecule has 0 amide bonds. The number of hydrogen-bond acceptors (Lipinski definition) is 6. The molecule has 0 aliphatic rings. The van der Waals surface area contributed by atoms with Crippen molar-refractivity contribution in [2.45, 2.75) is 13.5 Å². The summed E-state index contributed by atoms with van der Waals surface area (Å²) < 4.78 is 5.15. The number of nitrogens with zero attached hydrogens (tertiary/aromatic N) is 2. The van der Waals surface area contributed by atoms with Crippen molar-refractivity contribution in [1.82, 2.24) is 4.98 Å². The molecule has 23 heavy (non-hydrogen) atoms. The average Bonchev–Trinajstić information content (AvgIpc) is 3.18. The molecule has 3 rings (SSSR count). The molecule has 118 valence electrons. The van der Waals surface area contributed by atoms with Gasteiger partial charge in [0.2, 0.25) is 0 Å². The Kier molecular flexibility index (Phi) is 4.73. The van der Waals surface area contributed by atoms with E-state index in [9.17, 15) is 5.11 Å². The lowest BCUT2D eigenvalue weighted by molar-refractivity contribution is 0.412. The van der Waals surface area contributed by atoms with Gasteiger partial charge in [-0.15, -0.1) is 22.7 Å². The highest BCUT2D eigenvalue weighted by Crippen LogP contribution is 2.29. The van der Waals surface area contributed by atoms with Crippen molar-refractivity contribution in [3.8, 4) is 22.1 Å². The Morgan fingerprint density at radius 3 is 2.91 bits per heavy atom. The van der Waals surface area contributed by atoms with Crippen LogP contribution in [0.15, 0.2) is 40.7 Å². The van der Waals surface area contributed by atoms with E-state index in [2.05, 4.69) is 27.5 Å². The lowest BCUT2D eigenvalue weighted by atomic mass is 10.2. The van der Waals surface area contributed by atoms with Crippen molar-refractivity contribution in [3.05, 3.63) is 51.2 Å². The van der Waals surface area contributed by atoms with Crippen LogP contribution in [0.25, 0.3) is 10.6 Å². The van der Waals surface area contributed by atoms with E-state index in [0.717, 1.165) is 20.5 Å². The van der Waals surface area contributed by atoms with E-state index in [1.54, 1.807) is 54.2 Å². The molecule has 0 aliphatic heterocycles. The number of aromatic nitrogens is 1. The van der Waals surface area contributed by atoms with Gasteiger partial charge in [0.15, 0.2) is 0 Å². The Balaban J connectivity index is 1.70. The molecule has 0 aliphatic carbocycles. The molecule has 0 fully saturated rings. The number of hydrogen-bond donors (Lipinski definition) is 1. The van der Waals surface area contributed by atoms with E-state index in [0.29, 0.717) is 17.9 Å². The summed E-state index contributed by atoms with van der Waals surface area (Å²) in [4.78, 5) is 11.2. The Bertz CT molecular complexity index is 837. The van der Waals surface area contributed by atoms with Crippen molar-refractivity contribution in [1.29, 1.82) is 0 Å². The zero-order valence-corrected chi connectivity index (χ0v) is 14.4. The third kappa shape index (κ3) is 3.78. The van der Waals surface area contributed by atoms with Crippen LogP contribution in [0.2, 0.25) is 0 Å². The zero-order valence-electron chi connectivity index (χ0n) is 12.8. The quantitative estimate of drug-likeness (QED) is 0.693. The van der Waals surface area contributed by atoms with Crippen LogP contribution >= 0.6 is 22.7 Å². The van der Waals surface area contributed by atoms with E-state index in [4.69, 9.17) is 4.74 Å². The first-order chi connectivity index (χ1) is 11.2.